The molecule has 330 valence electrons. The zero-order valence-corrected chi connectivity index (χ0v) is 40.5. The molecule has 2 bridgehead atoms. The number of nitrogens with zero attached hydrogens (tertiary/aromatic N) is 6. The Labute approximate surface area is 383 Å². The molecule has 2 aliphatic heterocycles. The topological polar surface area (TPSA) is 72.9 Å². The second kappa shape index (κ2) is 23.8. The quantitative estimate of drug-likeness (QED) is 0.0727. The Bertz CT molecular complexity index is 2050. The molecule has 4 atom stereocenters. The molecule has 3 aromatic carbocycles. The predicted octanol–water partition coefficient (Wildman–Crippen LogP) is 10.3. The van der Waals surface area contributed by atoms with Gasteiger partial charge in [0.15, 0.2) is 0 Å². The van der Waals surface area contributed by atoms with Gasteiger partial charge in [-0.05, 0) is 120 Å². The Morgan fingerprint density at radius 3 is 1.40 bits per heavy atom. The van der Waals surface area contributed by atoms with E-state index in [0.29, 0.717) is 18.4 Å². The van der Waals surface area contributed by atoms with E-state index in [1.54, 1.807) is 24.8 Å². The molecule has 62 heavy (non-hydrogen) atoms. The summed E-state index contributed by atoms with van der Waals surface area (Å²) >= 11 is -1.61. The summed E-state index contributed by atoms with van der Waals surface area (Å²) in [5.41, 5.74) is 12.0. The van der Waals surface area contributed by atoms with E-state index in [2.05, 4.69) is 104 Å². The molecule has 0 spiro atoms. The van der Waals surface area contributed by atoms with E-state index in [0.717, 1.165) is 31.6 Å². The van der Waals surface area contributed by atoms with Crippen LogP contribution in [0.4, 0.5) is 11.4 Å². The minimum Gasteiger partial charge on any atom is -0.265 e. The van der Waals surface area contributed by atoms with Gasteiger partial charge in [0.05, 0.1) is 11.8 Å². The van der Waals surface area contributed by atoms with Crippen molar-refractivity contribution in [3.05, 3.63) is 174 Å². The molecule has 9 rings (SSSR count). The Morgan fingerprint density at radius 1 is 0.661 bits per heavy atom. The minimum atomic E-state index is -1.61. The van der Waals surface area contributed by atoms with Crippen molar-refractivity contribution in [3.63, 3.8) is 0 Å². The average molecular weight is 962 g/mol. The molecule has 4 unspecified atom stereocenters. The number of hydrogen-bond acceptors (Lipinski definition) is 7. The van der Waals surface area contributed by atoms with E-state index < -0.39 is 13.5 Å². The van der Waals surface area contributed by atoms with Gasteiger partial charge >= 0.3 is 73.4 Å². The molecular formula is C51H61Cl2N6O2Ru-. The van der Waals surface area contributed by atoms with Crippen LogP contribution in [0.15, 0.2) is 128 Å². The van der Waals surface area contributed by atoms with Crippen LogP contribution < -0.4 is 9.80 Å². The number of anilines is 2. The molecule has 0 radical (unpaired) electrons. The third kappa shape index (κ3) is 13.5. The number of imide groups is 1. The third-order valence-electron chi connectivity index (χ3n) is 11.2. The van der Waals surface area contributed by atoms with Gasteiger partial charge in [-0.1, -0.05) is 59.7 Å². The zero-order chi connectivity index (χ0) is 44.8. The van der Waals surface area contributed by atoms with Crippen molar-refractivity contribution in [2.24, 2.45) is 23.7 Å². The van der Waals surface area contributed by atoms with E-state index in [9.17, 15) is 9.59 Å². The fourth-order valence-electron chi connectivity index (χ4n) is 8.81. The Hall–Kier alpha value is -4.53. The summed E-state index contributed by atoms with van der Waals surface area (Å²) in [4.78, 5) is 40.4. The van der Waals surface area contributed by atoms with E-state index in [1.807, 2.05) is 90.3 Å². The summed E-state index contributed by atoms with van der Waals surface area (Å²) in [6.07, 6.45) is 12.3. The standard InChI is InChI=1S/C21H27N2.C13H18N2O2.C7H6.2C5H5N.2ClH.Ru/c1-14-9-16(3)20(17(4)10-14)22-7-8-23(13-22)21-18(5)11-15(2)12-19(21)6;1-14(2)5-6-15-12(16)10-8-3-4-9(7-8)11(10)13(15)17;1-7-5-3-2-4-6-7;2*1-2-4-6-5-3-1;;;/h9-13H,7-8H2,1-6H3;3-4,8-11H,5-7H2,1-2H3;1-6H;2*1-5H;2*1H;/q-1;;;;;;;+2/p-2. The number of rotatable bonds is 6. The fourth-order valence-corrected chi connectivity index (χ4v) is 10.6. The maximum Gasteiger partial charge on any atom is 0.0267 e. The van der Waals surface area contributed by atoms with Crippen molar-refractivity contribution in [2.75, 3.05) is 50.1 Å². The second-order valence-electron chi connectivity index (χ2n) is 16.4. The minimum absolute atomic E-state index is 0.0420. The smallest absolute Gasteiger partial charge is 0.0267 e. The third-order valence-corrected chi connectivity index (χ3v) is 13.0. The number of fused-ring (bicyclic) bond motifs is 5. The molecule has 3 fully saturated rings. The van der Waals surface area contributed by atoms with Crippen molar-refractivity contribution in [1.82, 2.24) is 19.8 Å². The zero-order valence-electron chi connectivity index (χ0n) is 37.2. The maximum absolute atomic E-state index is 12.3. The maximum atomic E-state index is 12.3. The number of likely N-dealkylation sites (tertiary alicyclic amines) is 1. The number of aromatic nitrogens is 2. The number of aryl methyl sites for hydroxylation is 6. The van der Waals surface area contributed by atoms with Crippen molar-refractivity contribution in [1.29, 1.82) is 0 Å². The summed E-state index contributed by atoms with van der Waals surface area (Å²) in [7, 11) is 15.2. The van der Waals surface area contributed by atoms with Crippen LogP contribution in [0.2, 0.25) is 0 Å². The van der Waals surface area contributed by atoms with Crippen LogP contribution in [0.1, 0.15) is 45.4 Å². The monoisotopic (exact) mass is 961 g/mol. The normalized spacial score (nSPS) is 19.3. The van der Waals surface area contributed by atoms with Crippen molar-refractivity contribution >= 4 is 47.2 Å². The summed E-state index contributed by atoms with van der Waals surface area (Å²) < 4.78 is 1.92. The first-order chi connectivity index (χ1) is 29.7. The van der Waals surface area contributed by atoms with Gasteiger partial charge in [-0.15, -0.1) is 0 Å². The van der Waals surface area contributed by atoms with Crippen molar-refractivity contribution in [3.8, 4) is 0 Å². The molecule has 8 nitrogen and oxygen atoms in total. The fraction of sp³-hybridized carbons (Fsp3) is 0.333. The number of allylic oxidation sites excluding steroid dienone is 2. The van der Waals surface area contributed by atoms with Gasteiger partial charge in [-0.3, -0.25) is 24.5 Å². The molecule has 1 saturated carbocycles. The van der Waals surface area contributed by atoms with Crippen LogP contribution in [0, 0.1) is 71.9 Å². The summed E-state index contributed by atoms with van der Waals surface area (Å²) in [6.45, 7) is 18.9. The van der Waals surface area contributed by atoms with Crippen LogP contribution in [-0.4, -0.2) is 76.5 Å². The number of likely N-dealkylation sites (N-methyl/N-ethyl adjacent to an activating group) is 1. The molecule has 5 aromatic rings. The first kappa shape index (κ1) is 48.5. The Morgan fingerprint density at radius 2 is 1.06 bits per heavy atom. The molecule has 4 heterocycles. The van der Waals surface area contributed by atoms with Gasteiger partial charge in [-0.25, -0.2) is 0 Å². The van der Waals surface area contributed by atoms with Crippen LogP contribution in [0.3, 0.4) is 0 Å². The Kier molecular flexibility index (Phi) is 18.6. The van der Waals surface area contributed by atoms with Gasteiger partial charge in [0.25, 0.3) is 0 Å². The van der Waals surface area contributed by atoms with Crippen molar-refractivity contribution in [2.45, 2.75) is 48.0 Å². The SMILES string of the molecule is CN(C)CCN1C(=O)C2C3C=CC(C3)C2C1=O.Cc1cc(C)c(N2[CH-]N(c3c(C)cc(C)cc3C)CC2)c(C)c1.[Cl][Ru]([Cl])=[CH]c1ccccc1.c1ccncc1.c1ccncc1. The summed E-state index contributed by atoms with van der Waals surface area (Å²) in [5, 5.41) is 0. The first-order valence-electron chi connectivity index (χ1n) is 21.1. The number of carbonyl (C=O) groups excluding carboxylic acids is 2. The molecule has 2 aromatic heterocycles. The molecule has 0 N–H and O–H groups in total. The summed E-state index contributed by atoms with van der Waals surface area (Å²) in [5.74, 6) is 0.702. The second-order valence-corrected chi connectivity index (χ2v) is 22.1. The van der Waals surface area contributed by atoms with Gasteiger partial charge < -0.3 is 14.7 Å². The molecule has 2 aliphatic carbocycles. The van der Waals surface area contributed by atoms with Crippen molar-refractivity contribution < 1.29 is 23.1 Å². The molecule has 2 amide bonds. The van der Waals surface area contributed by atoms with Gasteiger partial charge in [0.2, 0.25) is 11.8 Å². The number of amides is 2. The van der Waals surface area contributed by atoms with Gasteiger partial charge in [-0.2, -0.15) is 6.67 Å². The van der Waals surface area contributed by atoms with Crippen LogP contribution in [0.5, 0.6) is 0 Å². The number of hydrogen-bond donors (Lipinski definition) is 0. The molecule has 4 aliphatic rings. The largest absolute Gasteiger partial charge is 0.265 e. The molecule has 11 heteroatoms. The number of pyridine rings is 2. The number of halogens is 2. The predicted molar refractivity (Wildman–Crippen MR) is 255 cm³/mol. The van der Waals surface area contributed by atoms with Crippen LogP contribution in [-0.2, 0) is 23.1 Å². The summed E-state index contributed by atoms with van der Waals surface area (Å²) in [6, 6.07) is 30.4. The van der Waals surface area contributed by atoms with Crippen LogP contribution >= 0.6 is 19.4 Å². The Balaban J connectivity index is 0.000000162. The van der Waals surface area contributed by atoms with Crippen LogP contribution in [0.25, 0.3) is 0 Å². The van der Waals surface area contributed by atoms with E-state index in [4.69, 9.17) is 19.4 Å². The number of carbonyl (C=O) groups is 2. The van der Waals surface area contributed by atoms with E-state index in [-0.39, 0.29) is 23.7 Å². The van der Waals surface area contributed by atoms with E-state index >= 15 is 0 Å². The average Bonchev–Trinajstić information content (AvgIpc) is 4.04. The van der Waals surface area contributed by atoms with E-state index in [1.165, 1.54) is 49.7 Å². The molecular weight excluding hydrogens is 901 g/mol. The first-order valence-corrected chi connectivity index (χ1v) is 26.5. The van der Waals surface area contributed by atoms with Gasteiger partial charge in [0, 0.05) is 62.3 Å². The van der Waals surface area contributed by atoms with Gasteiger partial charge in [0.1, 0.15) is 0 Å². The molecule has 2 saturated heterocycles. The number of benzene rings is 3.